The molecule has 0 unspecified atom stereocenters. The predicted octanol–water partition coefficient (Wildman–Crippen LogP) is 3.49. The van der Waals surface area contributed by atoms with Crippen molar-refractivity contribution in [2.75, 3.05) is 18.4 Å². The number of amides is 2. The molecule has 1 N–H and O–H groups in total. The number of para-hydroxylation sites is 1. The Labute approximate surface area is 152 Å². The van der Waals surface area contributed by atoms with Gasteiger partial charge in [0.05, 0.1) is 24.8 Å². The molecule has 6 nitrogen and oxygen atoms in total. The van der Waals surface area contributed by atoms with Crippen molar-refractivity contribution in [3.63, 3.8) is 0 Å². The zero-order chi connectivity index (χ0) is 18.3. The van der Waals surface area contributed by atoms with Crippen molar-refractivity contribution in [1.82, 2.24) is 14.7 Å². The molecule has 2 aromatic carbocycles. The number of carbonyl (C=O) groups is 1. The van der Waals surface area contributed by atoms with Crippen molar-refractivity contribution >= 4 is 22.6 Å². The first kappa shape index (κ1) is 16.4. The van der Waals surface area contributed by atoms with E-state index in [2.05, 4.69) is 10.4 Å². The maximum absolute atomic E-state index is 12.4. The lowest BCUT2D eigenvalue weighted by molar-refractivity contribution is 0.0483. The number of ether oxygens (including phenoxy) is 1. The molecule has 2 heterocycles. The largest absolute Gasteiger partial charge is 0.486 e. The Morgan fingerprint density at radius 2 is 1.92 bits per heavy atom. The number of aromatic nitrogens is 2. The normalized spacial score (nSPS) is 14.3. The van der Waals surface area contributed by atoms with Crippen LogP contribution in [0, 0.1) is 13.8 Å². The predicted molar refractivity (Wildman–Crippen MR) is 102 cm³/mol. The highest BCUT2D eigenvalue weighted by atomic mass is 16.5. The van der Waals surface area contributed by atoms with Gasteiger partial charge in [-0.3, -0.25) is 4.68 Å². The number of fused-ring (bicyclic) bond motifs is 1. The number of anilines is 1. The van der Waals surface area contributed by atoms with Crippen molar-refractivity contribution in [2.45, 2.75) is 20.0 Å². The fourth-order valence-corrected chi connectivity index (χ4v) is 3.27. The minimum Gasteiger partial charge on any atom is -0.486 e. The number of hydrogen-bond acceptors (Lipinski definition) is 3. The smallest absolute Gasteiger partial charge is 0.322 e. The molecule has 1 saturated heterocycles. The van der Waals surface area contributed by atoms with Gasteiger partial charge in [0.2, 0.25) is 0 Å². The van der Waals surface area contributed by atoms with E-state index in [1.807, 2.05) is 62.0 Å². The van der Waals surface area contributed by atoms with Crippen molar-refractivity contribution in [1.29, 1.82) is 0 Å². The molecule has 6 heteroatoms. The van der Waals surface area contributed by atoms with E-state index >= 15 is 0 Å². The summed E-state index contributed by atoms with van der Waals surface area (Å²) in [6.45, 7) is 5.27. The Balaban J connectivity index is 1.35. The Morgan fingerprint density at radius 3 is 2.65 bits per heavy atom. The summed E-state index contributed by atoms with van der Waals surface area (Å²) in [6, 6.07) is 11.8. The highest BCUT2D eigenvalue weighted by Crippen LogP contribution is 2.26. The summed E-state index contributed by atoms with van der Waals surface area (Å²) in [5.41, 5.74) is 4.05. The van der Waals surface area contributed by atoms with Crippen molar-refractivity contribution in [3.8, 4) is 5.75 Å². The number of likely N-dealkylation sites (tertiary alicyclic amines) is 1. The number of hydrogen-bond donors (Lipinski definition) is 1. The molecule has 0 atom stereocenters. The van der Waals surface area contributed by atoms with Gasteiger partial charge in [-0.2, -0.15) is 5.10 Å². The number of benzene rings is 2. The summed E-state index contributed by atoms with van der Waals surface area (Å²) >= 11 is 0. The Hall–Kier alpha value is -3.02. The molecule has 1 aliphatic heterocycles. The van der Waals surface area contributed by atoms with Crippen LogP contribution in [0.4, 0.5) is 10.5 Å². The zero-order valence-electron chi connectivity index (χ0n) is 15.2. The molecule has 1 aromatic heterocycles. The van der Waals surface area contributed by atoms with Crippen LogP contribution in [0.15, 0.2) is 42.6 Å². The number of nitrogens with one attached hydrogen (secondary N) is 1. The maximum Gasteiger partial charge on any atom is 0.322 e. The van der Waals surface area contributed by atoms with Gasteiger partial charge in [-0.15, -0.1) is 0 Å². The minimum absolute atomic E-state index is 0.0429. The van der Waals surface area contributed by atoms with Crippen LogP contribution >= 0.6 is 0 Å². The monoisotopic (exact) mass is 350 g/mol. The van der Waals surface area contributed by atoms with Gasteiger partial charge in [0.15, 0.2) is 0 Å². The fraction of sp³-hybridized carbons (Fsp3) is 0.300. The van der Waals surface area contributed by atoms with Crippen molar-refractivity contribution in [2.24, 2.45) is 7.05 Å². The third kappa shape index (κ3) is 2.98. The van der Waals surface area contributed by atoms with Crippen LogP contribution in [0.5, 0.6) is 5.75 Å². The van der Waals surface area contributed by atoms with Gasteiger partial charge in [0.25, 0.3) is 0 Å². The fourth-order valence-electron chi connectivity index (χ4n) is 3.27. The number of nitrogens with zero attached hydrogens (tertiary/aromatic N) is 3. The van der Waals surface area contributed by atoms with E-state index < -0.39 is 0 Å². The van der Waals surface area contributed by atoms with Crippen LogP contribution in [0.2, 0.25) is 0 Å². The number of carbonyl (C=O) groups excluding carboxylic acids is 1. The van der Waals surface area contributed by atoms with Gasteiger partial charge >= 0.3 is 6.03 Å². The molecule has 1 aliphatic rings. The van der Waals surface area contributed by atoms with Crippen LogP contribution in [0.3, 0.4) is 0 Å². The second-order valence-corrected chi connectivity index (χ2v) is 6.84. The molecule has 1 fully saturated rings. The average molecular weight is 350 g/mol. The van der Waals surface area contributed by atoms with E-state index in [0.717, 1.165) is 33.5 Å². The van der Waals surface area contributed by atoms with E-state index in [4.69, 9.17) is 4.74 Å². The first-order valence-corrected chi connectivity index (χ1v) is 8.72. The molecule has 0 bridgehead atoms. The first-order valence-electron chi connectivity index (χ1n) is 8.72. The standard InChI is InChI=1S/C20H22N4O2/c1-13-5-4-6-14(2)19(13)26-17-11-24(12-17)20(25)22-16-7-8-18-15(9-16)10-21-23(18)3/h4-10,17H,11-12H2,1-3H3,(H,22,25). The van der Waals surface area contributed by atoms with Gasteiger partial charge in [0.1, 0.15) is 11.9 Å². The summed E-state index contributed by atoms with van der Waals surface area (Å²) < 4.78 is 7.88. The Kier molecular flexibility index (Phi) is 4.03. The van der Waals surface area contributed by atoms with Crippen LogP contribution in [-0.2, 0) is 7.05 Å². The molecular formula is C20H22N4O2. The number of rotatable bonds is 3. The molecule has 0 spiro atoms. The van der Waals surface area contributed by atoms with Crippen LogP contribution < -0.4 is 10.1 Å². The molecule has 0 aliphatic carbocycles. The average Bonchev–Trinajstić information content (AvgIpc) is 2.93. The first-order chi connectivity index (χ1) is 12.5. The summed E-state index contributed by atoms with van der Waals surface area (Å²) in [5.74, 6) is 0.930. The van der Waals surface area contributed by atoms with Gasteiger partial charge in [-0.25, -0.2) is 4.79 Å². The summed E-state index contributed by atoms with van der Waals surface area (Å²) in [4.78, 5) is 14.2. The van der Waals surface area contributed by atoms with E-state index in [0.29, 0.717) is 13.1 Å². The molecule has 26 heavy (non-hydrogen) atoms. The van der Waals surface area contributed by atoms with E-state index in [9.17, 15) is 4.79 Å². The molecule has 4 rings (SSSR count). The van der Waals surface area contributed by atoms with Gasteiger partial charge in [-0.05, 0) is 43.2 Å². The molecular weight excluding hydrogens is 328 g/mol. The maximum atomic E-state index is 12.4. The summed E-state index contributed by atoms with van der Waals surface area (Å²) in [6.07, 6.45) is 1.84. The third-order valence-corrected chi connectivity index (χ3v) is 4.83. The topological polar surface area (TPSA) is 59.4 Å². The Morgan fingerprint density at radius 1 is 1.19 bits per heavy atom. The lowest BCUT2D eigenvalue weighted by atomic mass is 10.1. The van der Waals surface area contributed by atoms with Crippen LogP contribution in [0.25, 0.3) is 10.9 Å². The van der Waals surface area contributed by atoms with Gasteiger partial charge < -0.3 is 15.0 Å². The second-order valence-electron chi connectivity index (χ2n) is 6.84. The highest BCUT2D eigenvalue weighted by molar-refractivity contribution is 5.93. The number of urea groups is 1. The molecule has 134 valence electrons. The zero-order valence-corrected chi connectivity index (χ0v) is 15.2. The van der Waals surface area contributed by atoms with E-state index in [-0.39, 0.29) is 12.1 Å². The van der Waals surface area contributed by atoms with E-state index in [1.54, 1.807) is 11.1 Å². The molecule has 0 saturated carbocycles. The third-order valence-electron chi connectivity index (χ3n) is 4.83. The molecule has 3 aromatic rings. The molecule has 2 amide bonds. The minimum atomic E-state index is -0.102. The summed E-state index contributed by atoms with van der Waals surface area (Å²) in [5, 5.41) is 8.17. The second kappa shape index (κ2) is 6.37. The quantitative estimate of drug-likeness (QED) is 0.787. The molecule has 0 radical (unpaired) electrons. The van der Waals surface area contributed by atoms with Gasteiger partial charge in [0, 0.05) is 18.1 Å². The summed E-state index contributed by atoms with van der Waals surface area (Å²) in [7, 11) is 1.90. The van der Waals surface area contributed by atoms with Crippen LogP contribution in [-0.4, -0.2) is 39.9 Å². The van der Waals surface area contributed by atoms with Crippen LogP contribution in [0.1, 0.15) is 11.1 Å². The van der Waals surface area contributed by atoms with Crippen molar-refractivity contribution < 1.29 is 9.53 Å². The Bertz CT molecular complexity index is 953. The van der Waals surface area contributed by atoms with Crippen molar-refractivity contribution in [3.05, 3.63) is 53.7 Å². The lowest BCUT2D eigenvalue weighted by Crippen LogP contribution is -2.57. The number of aryl methyl sites for hydroxylation is 3. The van der Waals surface area contributed by atoms with E-state index in [1.165, 1.54) is 0 Å². The SMILES string of the molecule is Cc1cccc(C)c1OC1CN(C(=O)Nc2ccc3c(cnn3C)c2)C1. The highest BCUT2D eigenvalue weighted by Gasteiger charge is 2.33. The lowest BCUT2D eigenvalue weighted by Gasteiger charge is -2.39. The van der Waals surface area contributed by atoms with Gasteiger partial charge in [-0.1, -0.05) is 18.2 Å².